The molecule has 4 nitrogen and oxygen atoms in total. The van der Waals surface area contributed by atoms with E-state index in [0.717, 1.165) is 48.3 Å². The van der Waals surface area contributed by atoms with Crippen LogP contribution in [0.5, 0.6) is 5.75 Å². The molecular formula is C19H19ClN2O2. The maximum absolute atomic E-state index is 12.9. The molecule has 0 bridgehead atoms. The van der Waals surface area contributed by atoms with E-state index in [0.29, 0.717) is 11.0 Å². The molecule has 1 N–H and O–H groups in total. The van der Waals surface area contributed by atoms with E-state index in [1.54, 1.807) is 0 Å². The Balaban J connectivity index is 1.60. The van der Waals surface area contributed by atoms with Crippen LogP contribution in [0.3, 0.4) is 0 Å². The highest BCUT2D eigenvalue weighted by atomic mass is 35.5. The number of aryl methyl sites for hydroxylation is 1. The normalized spacial score (nSPS) is 17.1. The first-order valence-electron chi connectivity index (χ1n) is 8.21. The number of hydrogen-bond donors (Lipinski definition) is 1. The van der Waals surface area contributed by atoms with Gasteiger partial charge in [0.05, 0.1) is 12.0 Å². The molecule has 4 rings (SSSR count). The molecule has 2 heterocycles. The van der Waals surface area contributed by atoms with Crippen molar-refractivity contribution in [3.8, 4) is 5.75 Å². The number of pyridine rings is 1. The van der Waals surface area contributed by atoms with Gasteiger partial charge >= 0.3 is 0 Å². The molecule has 1 aromatic heterocycles. The molecule has 0 unspecified atom stereocenters. The van der Waals surface area contributed by atoms with Crippen molar-refractivity contribution >= 4 is 23.3 Å². The minimum Gasteiger partial charge on any atom is -0.493 e. The summed E-state index contributed by atoms with van der Waals surface area (Å²) in [6.45, 7) is 4.61. The van der Waals surface area contributed by atoms with E-state index in [1.165, 1.54) is 5.56 Å². The zero-order chi connectivity index (χ0) is 16.9. The van der Waals surface area contributed by atoms with Crippen molar-refractivity contribution in [3.63, 3.8) is 0 Å². The highest BCUT2D eigenvalue weighted by Crippen LogP contribution is 2.50. The number of rotatable bonds is 3. The number of anilines is 1. The second kappa shape index (κ2) is 5.49. The number of carbonyl (C=O) groups excluding carboxylic acids is 1. The summed E-state index contributed by atoms with van der Waals surface area (Å²) in [5.41, 5.74) is 3.78. The monoisotopic (exact) mass is 342 g/mol. The number of carbonyl (C=O) groups is 1. The topological polar surface area (TPSA) is 51.2 Å². The molecular weight excluding hydrogens is 324 g/mol. The number of amides is 1. The van der Waals surface area contributed by atoms with Crippen molar-refractivity contribution in [2.45, 2.75) is 38.5 Å². The molecule has 0 radical (unpaired) electrons. The minimum absolute atomic E-state index is 0.00631. The Kier molecular flexibility index (Phi) is 3.53. The standard InChI is InChI=1S/C19H19ClN2O2/c1-11-9-16(21-17(20)12(11)2)22-18(23)19(6-7-19)14-3-4-15-13(10-14)5-8-24-15/h3-4,9-10H,5-8H2,1-2H3,(H,21,22,23). The van der Waals surface area contributed by atoms with Crippen molar-refractivity contribution in [2.24, 2.45) is 0 Å². The van der Waals surface area contributed by atoms with Crippen molar-refractivity contribution in [1.82, 2.24) is 4.98 Å². The van der Waals surface area contributed by atoms with Crippen molar-refractivity contribution < 1.29 is 9.53 Å². The highest BCUT2D eigenvalue weighted by Gasteiger charge is 2.51. The fourth-order valence-corrected chi connectivity index (χ4v) is 3.49. The fourth-order valence-electron chi connectivity index (χ4n) is 3.25. The number of hydrogen-bond acceptors (Lipinski definition) is 3. The molecule has 0 atom stereocenters. The molecule has 0 spiro atoms. The van der Waals surface area contributed by atoms with Crippen LogP contribution in [0.15, 0.2) is 24.3 Å². The SMILES string of the molecule is Cc1cc(NC(=O)C2(c3ccc4c(c3)CCO4)CC2)nc(Cl)c1C. The quantitative estimate of drug-likeness (QED) is 0.859. The van der Waals surface area contributed by atoms with Gasteiger partial charge in [-0.05, 0) is 61.1 Å². The third kappa shape index (κ3) is 2.46. The van der Waals surface area contributed by atoms with Crippen molar-refractivity contribution in [3.05, 3.63) is 51.7 Å². The maximum atomic E-state index is 12.9. The molecule has 2 aromatic rings. The number of aromatic nitrogens is 1. The van der Waals surface area contributed by atoms with E-state index in [4.69, 9.17) is 16.3 Å². The zero-order valence-electron chi connectivity index (χ0n) is 13.8. The summed E-state index contributed by atoms with van der Waals surface area (Å²) >= 11 is 6.14. The van der Waals surface area contributed by atoms with Gasteiger partial charge in [0.25, 0.3) is 0 Å². The Morgan fingerprint density at radius 1 is 1.29 bits per heavy atom. The number of benzene rings is 1. The Morgan fingerprint density at radius 3 is 2.79 bits per heavy atom. The zero-order valence-corrected chi connectivity index (χ0v) is 14.5. The largest absolute Gasteiger partial charge is 0.493 e. The Labute approximate surface area is 146 Å². The van der Waals surface area contributed by atoms with Crippen LogP contribution in [-0.4, -0.2) is 17.5 Å². The molecule has 1 amide bonds. The minimum atomic E-state index is -0.440. The second-order valence-electron chi connectivity index (χ2n) is 6.70. The lowest BCUT2D eigenvalue weighted by Crippen LogP contribution is -2.28. The predicted molar refractivity (Wildman–Crippen MR) is 93.9 cm³/mol. The molecule has 1 aliphatic heterocycles. The molecule has 5 heteroatoms. The number of nitrogens with zero attached hydrogens (tertiary/aromatic N) is 1. The molecule has 0 saturated heterocycles. The summed E-state index contributed by atoms with van der Waals surface area (Å²) in [6.07, 6.45) is 2.63. The molecule has 24 heavy (non-hydrogen) atoms. The van der Waals surface area contributed by atoms with Crippen LogP contribution in [0.2, 0.25) is 5.15 Å². The van der Waals surface area contributed by atoms with Gasteiger partial charge in [-0.15, -0.1) is 0 Å². The number of fused-ring (bicyclic) bond motifs is 1. The summed E-state index contributed by atoms with van der Waals surface area (Å²) in [4.78, 5) is 17.2. The Bertz CT molecular complexity index is 820. The second-order valence-corrected chi connectivity index (χ2v) is 7.06. The first-order chi connectivity index (χ1) is 11.5. The van der Waals surface area contributed by atoms with Crippen LogP contribution in [0, 0.1) is 13.8 Å². The van der Waals surface area contributed by atoms with Gasteiger partial charge in [0.15, 0.2) is 0 Å². The summed E-state index contributed by atoms with van der Waals surface area (Å²) in [7, 11) is 0. The third-order valence-corrected chi connectivity index (χ3v) is 5.51. The van der Waals surface area contributed by atoms with Gasteiger partial charge in [-0.1, -0.05) is 23.7 Å². The average molecular weight is 343 g/mol. The van der Waals surface area contributed by atoms with Crippen molar-refractivity contribution in [2.75, 3.05) is 11.9 Å². The predicted octanol–water partition coefficient (Wildman–Crippen LogP) is 3.96. The highest BCUT2D eigenvalue weighted by molar-refractivity contribution is 6.30. The average Bonchev–Trinajstić information content (AvgIpc) is 3.24. The molecule has 1 aliphatic carbocycles. The van der Waals surface area contributed by atoms with Crippen molar-refractivity contribution in [1.29, 1.82) is 0 Å². The first-order valence-corrected chi connectivity index (χ1v) is 8.59. The van der Waals surface area contributed by atoms with Gasteiger partial charge < -0.3 is 10.1 Å². The molecule has 1 fully saturated rings. The van der Waals surface area contributed by atoms with E-state index in [-0.39, 0.29) is 5.91 Å². The fraction of sp³-hybridized carbons (Fsp3) is 0.368. The molecule has 1 aromatic carbocycles. The van der Waals surface area contributed by atoms with Crippen LogP contribution < -0.4 is 10.1 Å². The molecule has 2 aliphatic rings. The van der Waals surface area contributed by atoms with Gasteiger partial charge in [0, 0.05) is 6.42 Å². The van der Waals surface area contributed by atoms with Gasteiger partial charge in [-0.25, -0.2) is 4.98 Å². The number of nitrogens with one attached hydrogen (secondary N) is 1. The summed E-state index contributed by atoms with van der Waals surface area (Å²) in [5.74, 6) is 1.45. The van der Waals surface area contributed by atoms with Gasteiger partial charge in [-0.2, -0.15) is 0 Å². The van der Waals surface area contributed by atoms with E-state index in [2.05, 4.69) is 16.4 Å². The maximum Gasteiger partial charge on any atom is 0.236 e. The lowest BCUT2D eigenvalue weighted by atomic mass is 9.92. The Hall–Kier alpha value is -2.07. The van der Waals surface area contributed by atoms with Crippen LogP contribution >= 0.6 is 11.6 Å². The van der Waals surface area contributed by atoms with Crippen LogP contribution in [0.4, 0.5) is 5.82 Å². The van der Waals surface area contributed by atoms with Gasteiger partial charge in [-0.3, -0.25) is 4.79 Å². The smallest absolute Gasteiger partial charge is 0.236 e. The van der Waals surface area contributed by atoms with Crippen LogP contribution in [-0.2, 0) is 16.6 Å². The Morgan fingerprint density at radius 2 is 2.08 bits per heavy atom. The van der Waals surface area contributed by atoms with E-state index in [1.807, 2.05) is 32.0 Å². The lowest BCUT2D eigenvalue weighted by Gasteiger charge is -2.17. The number of halogens is 1. The third-order valence-electron chi connectivity index (χ3n) is 5.14. The van der Waals surface area contributed by atoms with E-state index in [9.17, 15) is 4.79 Å². The van der Waals surface area contributed by atoms with E-state index < -0.39 is 5.41 Å². The van der Waals surface area contributed by atoms with Gasteiger partial charge in [0.2, 0.25) is 5.91 Å². The van der Waals surface area contributed by atoms with E-state index >= 15 is 0 Å². The first kappa shape index (κ1) is 15.5. The number of ether oxygens (including phenoxy) is 1. The van der Waals surface area contributed by atoms with Crippen LogP contribution in [0.1, 0.15) is 35.1 Å². The summed E-state index contributed by atoms with van der Waals surface area (Å²) in [5, 5.41) is 3.39. The van der Waals surface area contributed by atoms with Crippen LogP contribution in [0.25, 0.3) is 0 Å². The summed E-state index contributed by atoms with van der Waals surface area (Å²) in [6, 6.07) is 7.98. The summed E-state index contributed by atoms with van der Waals surface area (Å²) < 4.78 is 5.55. The lowest BCUT2D eigenvalue weighted by molar-refractivity contribution is -0.118. The molecule has 1 saturated carbocycles. The molecule has 124 valence electrons. The van der Waals surface area contributed by atoms with Gasteiger partial charge in [0.1, 0.15) is 16.7 Å².